The highest BCUT2D eigenvalue weighted by atomic mass is 16.3. The molecule has 0 N–H and O–H groups in total. The number of rotatable bonds is 4. The third-order valence-corrected chi connectivity index (χ3v) is 8.50. The van der Waals surface area contributed by atoms with Crippen molar-refractivity contribution in [1.29, 1.82) is 0 Å². The van der Waals surface area contributed by atoms with Crippen molar-refractivity contribution in [2.45, 2.75) is 0 Å². The van der Waals surface area contributed by atoms with Gasteiger partial charge in [0.1, 0.15) is 11.2 Å². The first kappa shape index (κ1) is 25.4. The van der Waals surface area contributed by atoms with Gasteiger partial charge in [0, 0.05) is 32.8 Å². The van der Waals surface area contributed by atoms with Crippen LogP contribution in [0.4, 0.5) is 0 Å². The Balaban J connectivity index is 1.30. The summed E-state index contributed by atoms with van der Waals surface area (Å²) in [5.41, 5.74) is 6.82. The van der Waals surface area contributed by atoms with Crippen LogP contribution in [0.2, 0.25) is 0 Å². The number of aromatic nitrogens is 3. The Hall–Kier alpha value is -6.13. The van der Waals surface area contributed by atoms with Crippen molar-refractivity contribution in [2.75, 3.05) is 0 Å². The van der Waals surface area contributed by atoms with Crippen LogP contribution in [-0.4, -0.2) is 15.0 Å². The molecule has 2 heterocycles. The number of furan rings is 1. The minimum Gasteiger partial charge on any atom is -0.455 e. The van der Waals surface area contributed by atoms with Gasteiger partial charge in [-0.3, -0.25) is 0 Å². The number of benzene rings is 7. The zero-order chi connectivity index (χ0) is 29.7. The lowest BCUT2D eigenvalue weighted by Crippen LogP contribution is -2.00. The molecule has 0 saturated carbocycles. The van der Waals surface area contributed by atoms with E-state index in [9.17, 15) is 0 Å². The van der Waals surface area contributed by atoms with E-state index in [4.69, 9.17) is 19.4 Å². The number of fused-ring (bicyclic) bond motifs is 6. The Morgan fingerprint density at radius 3 is 1.78 bits per heavy atom. The first-order valence-electron chi connectivity index (χ1n) is 15.0. The molecule has 9 aromatic rings. The van der Waals surface area contributed by atoms with Crippen LogP contribution in [0.1, 0.15) is 0 Å². The standard InChI is InChI=1S/C41H25N3O/c1-3-11-26(12-4-1)30-21-22-33-35-25-36(32-17-9-10-18-34(32)38(35)45-37(33)24-30)41-43-39(28-14-5-2-6-15-28)42-40(44-41)31-20-19-27-13-7-8-16-29(27)23-31/h1-25H. The van der Waals surface area contributed by atoms with Gasteiger partial charge in [0.05, 0.1) is 0 Å². The molecule has 4 heteroatoms. The van der Waals surface area contributed by atoms with E-state index in [1.54, 1.807) is 0 Å². The average Bonchev–Trinajstić information content (AvgIpc) is 3.50. The van der Waals surface area contributed by atoms with Crippen molar-refractivity contribution in [3.8, 4) is 45.3 Å². The van der Waals surface area contributed by atoms with Crippen LogP contribution >= 0.6 is 0 Å². The van der Waals surface area contributed by atoms with Crippen LogP contribution in [0.15, 0.2) is 156 Å². The van der Waals surface area contributed by atoms with Crippen LogP contribution in [0.25, 0.3) is 88.8 Å². The topological polar surface area (TPSA) is 51.8 Å². The molecule has 0 unspecified atom stereocenters. The fraction of sp³-hybridized carbons (Fsp3) is 0. The average molecular weight is 576 g/mol. The van der Waals surface area contributed by atoms with E-state index < -0.39 is 0 Å². The lowest BCUT2D eigenvalue weighted by Gasteiger charge is -2.11. The lowest BCUT2D eigenvalue weighted by molar-refractivity contribution is 0.673. The first-order valence-corrected chi connectivity index (χ1v) is 15.0. The van der Waals surface area contributed by atoms with Crippen LogP contribution < -0.4 is 0 Å². The molecule has 7 aromatic carbocycles. The molecule has 0 aliphatic heterocycles. The summed E-state index contributed by atoms with van der Waals surface area (Å²) in [7, 11) is 0. The second kappa shape index (κ2) is 10.2. The number of hydrogen-bond donors (Lipinski definition) is 0. The molecule has 0 radical (unpaired) electrons. The van der Waals surface area contributed by atoms with Crippen molar-refractivity contribution < 1.29 is 4.42 Å². The Labute approximate surface area is 259 Å². The van der Waals surface area contributed by atoms with Crippen molar-refractivity contribution in [1.82, 2.24) is 15.0 Å². The molecule has 0 spiro atoms. The fourth-order valence-corrected chi connectivity index (χ4v) is 6.26. The van der Waals surface area contributed by atoms with Gasteiger partial charge < -0.3 is 4.42 Å². The van der Waals surface area contributed by atoms with Gasteiger partial charge in [0.25, 0.3) is 0 Å². The Morgan fingerprint density at radius 1 is 0.356 bits per heavy atom. The number of nitrogens with zero attached hydrogens (tertiary/aromatic N) is 3. The zero-order valence-electron chi connectivity index (χ0n) is 24.2. The van der Waals surface area contributed by atoms with Gasteiger partial charge >= 0.3 is 0 Å². The molecule has 0 aliphatic rings. The molecule has 210 valence electrons. The highest BCUT2D eigenvalue weighted by Crippen LogP contribution is 2.40. The SMILES string of the molecule is c1ccc(-c2ccc3c(c2)oc2c4ccccc4c(-c4nc(-c5ccccc5)nc(-c5ccc6ccccc6c5)n4)cc32)cc1. The van der Waals surface area contributed by atoms with E-state index in [-0.39, 0.29) is 0 Å². The molecule has 4 nitrogen and oxygen atoms in total. The molecule has 2 aromatic heterocycles. The van der Waals surface area contributed by atoms with Gasteiger partial charge in [-0.2, -0.15) is 0 Å². The highest BCUT2D eigenvalue weighted by molar-refractivity contribution is 6.19. The molecule has 0 fully saturated rings. The van der Waals surface area contributed by atoms with Crippen LogP contribution in [0.5, 0.6) is 0 Å². The third kappa shape index (κ3) is 4.35. The molecule has 0 aliphatic carbocycles. The normalized spacial score (nSPS) is 11.6. The maximum absolute atomic E-state index is 6.59. The van der Waals surface area contributed by atoms with E-state index in [0.717, 1.165) is 65.9 Å². The van der Waals surface area contributed by atoms with Gasteiger partial charge in [-0.15, -0.1) is 0 Å². The monoisotopic (exact) mass is 575 g/mol. The lowest BCUT2D eigenvalue weighted by atomic mass is 9.98. The predicted octanol–water partition coefficient (Wildman–Crippen LogP) is 10.7. The maximum atomic E-state index is 6.59. The van der Waals surface area contributed by atoms with Crippen molar-refractivity contribution in [3.63, 3.8) is 0 Å². The van der Waals surface area contributed by atoms with Crippen molar-refractivity contribution in [3.05, 3.63) is 152 Å². The van der Waals surface area contributed by atoms with Gasteiger partial charge in [0.2, 0.25) is 0 Å². The van der Waals surface area contributed by atoms with E-state index in [1.807, 2.05) is 36.4 Å². The smallest absolute Gasteiger partial charge is 0.164 e. The summed E-state index contributed by atoms with van der Waals surface area (Å²) in [4.78, 5) is 15.2. The van der Waals surface area contributed by atoms with E-state index in [0.29, 0.717) is 17.5 Å². The van der Waals surface area contributed by atoms with Crippen molar-refractivity contribution >= 4 is 43.5 Å². The summed E-state index contributed by atoms with van der Waals surface area (Å²) in [6.07, 6.45) is 0. The molecule has 45 heavy (non-hydrogen) atoms. The third-order valence-electron chi connectivity index (χ3n) is 8.50. The van der Waals surface area contributed by atoms with Gasteiger partial charge in [-0.1, -0.05) is 127 Å². The predicted molar refractivity (Wildman–Crippen MR) is 184 cm³/mol. The summed E-state index contributed by atoms with van der Waals surface area (Å²) in [5, 5.41) is 6.47. The van der Waals surface area contributed by atoms with Crippen LogP contribution in [0, 0.1) is 0 Å². The largest absolute Gasteiger partial charge is 0.455 e. The molecule has 0 bridgehead atoms. The van der Waals surface area contributed by atoms with Gasteiger partial charge in [-0.05, 0) is 51.6 Å². The van der Waals surface area contributed by atoms with Crippen LogP contribution in [-0.2, 0) is 0 Å². The number of hydrogen-bond acceptors (Lipinski definition) is 4. The zero-order valence-corrected chi connectivity index (χ0v) is 24.2. The second-order valence-electron chi connectivity index (χ2n) is 11.3. The summed E-state index contributed by atoms with van der Waals surface area (Å²) in [6, 6.07) is 52.2. The molecule has 0 saturated heterocycles. The quantitative estimate of drug-likeness (QED) is 0.209. The maximum Gasteiger partial charge on any atom is 0.164 e. The van der Waals surface area contributed by atoms with E-state index >= 15 is 0 Å². The molecule has 0 atom stereocenters. The molecular formula is C41H25N3O. The summed E-state index contributed by atoms with van der Waals surface area (Å²) in [6.45, 7) is 0. The van der Waals surface area contributed by atoms with Crippen molar-refractivity contribution in [2.24, 2.45) is 0 Å². The Bertz CT molecular complexity index is 2540. The molecular weight excluding hydrogens is 550 g/mol. The first-order chi connectivity index (χ1) is 22.3. The Kier molecular flexibility index (Phi) is 5.78. The minimum absolute atomic E-state index is 0.625. The van der Waals surface area contributed by atoms with E-state index in [2.05, 4.69) is 115 Å². The summed E-state index contributed by atoms with van der Waals surface area (Å²) in [5.74, 6) is 1.90. The minimum atomic E-state index is 0.625. The molecule has 0 amide bonds. The van der Waals surface area contributed by atoms with Gasteiger partial charge in [-0.25, -0.2) is 15.0 Å². The summed E-state index contributed by atoms with van der Waals surface area (Å²) < 4.78 is 6.59. The molecule has 9 rings (SSSR count). The van der Waals surface area contributed by atoms with Crippen LogP contribution in [0.3, 0.4) is 0 Å². The van der Waals surface area contributed by atoms with Gasteiger partial charge in [0.15, 0.2) is 17.5 Å². The second-order valence-corrected chi connectivity index (χ2v) is 11.3. The summed E-state index contributed by atoms with van der Waals surface area (Å²) >= 11 is 0. The van der Waals surface area contributed by atoms with E-state index in [1.165, 1.54) is 5.39 Å². The fourth-order valence-electron chi connectivity index (χ4n) is 6.26. The Morgan fingerprint density at radius 2 is 0.978 bits per heavy atom. The highest BCUT2D eigenvalue weighted by Gasteiger charge is 2.19.